The number of nitrogens with zero attached hydrogens (tertiary/aromatic N) is 3. The molecule has 2 N–H and O–H groups in total. The number of rotatable bonds is 8. The Labute approximate surface area is 229 Å². The number of para-hydroxylation sites is 1. The molecular weight excluding hydrogens is 536 g/mol. The summed E-state index contributed by atoms with van der Waals surface area (Å²) in [6, 6.07) is 21.3. The first-order valence-electron chi connectivity index (χ1n) is 12.3. The first-order valence-corrected chi connectivity index (χ1v) is 14.5. The summed E-state index contributed by atoms with van der Waals surface area (Å²) in [5, 5.41) is 21.7. The van der Waals surface area contributed by atoms with Crippen LogP contribution in [0, 0.1) is 11.3 Å². The van der Waals surface area contributed by atoms with Gasteiger partial charge in [0.1, 0.15) is 12.1 Å². The van der Waals surface area contributed by atoms with E-state index in [2.05, 4.69) is 16.4 Å². The third-order valence-electron chi connectivity index (χ3n) is 6.68. The number of benzene rings is 3. The fraction of sp³-hybridized carbons (Fsp3) is 0.214. The summed E-state index contributed by atoms with van der Waals surface area (Å²) in [6.07, 6.45) is 0.777. The van der Waals surface area contributed by atoms with Crippen LogP contribution in [0.1, 0.15) is 24.0 Å². The topological polar surface area (TPSA) is 140 Å². The van der Waals surface area contributed by atoms with Crippen LogP contribution in [0.25, 0.3) is 21.3 Å². The van der Waals surface area contributed by atoms with Crippen molar-refractivity contribution in [1.82, 2.24) is 14.6 Å². The van der Waals surface area contributed by atoms with Crippen molar-refractivity contribution in [2.24, 2.45) is 0 Å². The summed E-state index contributed by atoms with van der Waals surface area (Å²) in [4.78, 5) is 29.5. The zero-order chi connectivity index (χ0) is 27.6. The highest BCUT2D eigenvalue weighted by Gasteiger charge is 2.42. The highest BCUT2D eigenvalue weighted by atomic mass is 32.2. The van der Waals surface area contributed by atoms with Gasteiger partial charge in [-0.15, -0.1) is 11.3 Å². The Hall–Kier alpha value is -4.11. The first-order chi connectivity index (χ1) is 18.8. The number of carbonyl (C=O) groups is 2. The van der Waals surface area contributed by atoms with Gasteiger partial charge in [0, 0.05) is 13.0 Å². The van der Waals surface area contributed by atoms with Crippen LogP contribution in [0.3, 0.4) is 0 Å². The molecule has 11 heteroatoms. The molecule has 0 saturated carbocycles. The van der Waals surface area contributed by atoms with Crippen molar-refractivity contribution >= 4 is 43.5 Å². The third kappa shape index (κ3) is 5.40. The lowest BCUT2D eigenvalue weighted by molar-refractivity contribution is -0.142. The van der Waals surface area contributed by atoms with Crippen molar-refractivity contribution in [2.75, 3.05) is 6.54 Å². The van der Waals surface area contributed by atoms with Crippen LogP contribution >= 0.6 is 11.3 Å². The maximum atomic E-state index is 13.4. The summed E-state index contributed by atoms with van der Waals surface area (Å²) in [5.74, 6) is -1.87. The van der Waals surface area contributed by atoms with Gasteiger partial charge < -0.3 is 10.4 Å². The molecule has 1 amide bonds. The van der Waals surface area contributed by atoms with E-state index in [1.54, 1.807) is 60.7 Å². The minimum Gasteiger partial charge on any atom is -0.480 e. The van der Waals surface area contributed by atoms with Gasteiger partial charge in [0.05, 0.1) is 21.8 Å². The Morgan fingerprint density at radius 3 is 2.54 bits per heavy atom. The van der Waals surface area contributed by atoms with Crippen LogP contribution in [0.15, 0.2) is 77.1 Å². The summed E-state index contributed by atoms with van der Waals surface area (Å²) in [6.45, 7) is 0.152. The molecule has 9 nitrogen and oxygen atoms in total. The van der Waals surface area contributed by atoms with Crippen LogP contribution in [0.4, 0.5) is 0 Å². The fourth-order valence-corrected chi connectivity index (χ4v) is 7.70. The van der Waals surface area contributed by atoms with Gasteiger partial charge in [0.25, 0.3) is 10.0 Å². The second kappa shape index (κ2) is 10.9. The van der Waals surface area contributed by atoms with Gasteiger partial charge in [0.2, 0.25) is 10.2 Å². The Morgan fingerprint density at radius 1 is 1.10 bits per heavy atom. The van der Waals surface area contributed by atoms with Crippen LogP contribution in [-0.4, -0.2) is 53.3 Å². The number of thiazole rings is 1. The SMILES string of the molecule is N#Cc1ccccc1-c1ccc(C[C@H](NC(=O)[C@@H]2CCCN2S(=O)(=O)c2nc3ccccc3s2)C(=O)O)cc1. The molecule has 0 spiro atoms. The predicted molar refractivity (Wildman–Crippen MR) is 146 cm³/mol. The smallest absolute Gasteiger partial charge is 0.326 e. The number of aliphatic carboxylic acids is 1. The molecule has 39 heavy (non-hydrogen) atoms. The maximum Gasteiger partial charge on any atom is 0.326 e. The molecule has 5 rings (SSSR count). The van der Waals surface area contributed by atoms with Crippen LogP contribution < -0.4 is 5.32 Å². The highest BCUT2D eigenvalue weighted by molar-refractivity contribution is 7.91. The van der Waals surface area contributed by atoms with Gasteiger partial charge in [0.15, 0.2) is 0 Å². The van der Waals surface area contributed by atoms with Gasteiger partial charge >= 0.3 is 5.97 Å². The molecule has 0 bridgehead atoms. The van der Waals surface area contributed by atoms with Gasteiger partial charge in [-0.1, -0.05) is 54.6 Å². The lowest BCUT2D eigenvalue weighted by Crippen LogP contribution is -2.51. The largest absolute Gasteiger partial charge is 0.480 e. The number of nitriles is 1. The molecule has 0 aliphatic carbocycles. The lowest BCUT2D eigenvalue weighted by atomic mass is 9.97. The summed E-state index contributed by atoms with van der Waals surface area (Å²) < 4.78 is 28.5. The zero-order valence-corrected chi connectivity index (χ0v) is 22.3. The number of amides is 1. The number of nitrogens with one attached hydrogen (secondary N) is 1. The van der Waals surface area contributed by atoms with E-state index in [-0.39, 0.29) is 23.7 Å². The summed E-state index contributed by atoms with van der Waals surface area (Å²) >= 11 is 1.04. The Bertz CT molecular complexity index is 1660. The molecule has 3 aromatic carbocycles. The summed E-state index contributed by atoms with van der Waals surface area (Å²) in [5.41, 5.74) is 3.35. The third-order valence-corrected chi connectivity index (χ3v) is 9.98. The van der Waals surface area contributed by atoms with E-state index in [0.717, 1.165) is 31.5 Å². The van der Waals surface area contributed by atoms with Gasteiger partial charge in [-0.05, 0) is 47.7 Å². The normalized spacial score (nSPS) is 16.5. The van der Waals surface area contributed by atoms with E-state index in [4.69, 9.17) is 0 Å². The van der Waals surface area contributed by atoms with Gasteiger partial charge in [-0.2, -0.15) is 9.57 Å². The standard InChI is InChI=1S/C28H24N4O5S2/c29-17-20-6-1-2-7-21(20)19-13-11-18(12-14-19)16-23(27(34)35)30-26(33)24-9-5-15-32(24)39(36,37)28-31-22-8-3-4-10-25(22)38-28/h1-4,6-8,10-14,23-24H,5,9,15-16H2,(H,30,33)(H,34,35)/t23-,24-/m0/s1. The average Bonchev–Trinajstić information content (AvgIpc) is 3.62. The molecule has 0 unspecified atom stereocenters. The summed E-state index contributed by atoms with van der Waals surface area (Å²) in [7, 11) is -4.04. The number of hydrogen-bond acceptors (Lipinski definition) is 7. The van der Waals surface area contributed by atoms with E-state index >= 15 is 0 Å². The van der Waals surface area contributed by atoms with E-state index in [0.29, 0.717) is 23.1 Å². The van der Waals surface area contributed by atoms with Crippen molar-refractivity contribution < 1.29 is 23.1 Å². The average molecular weight is 561 g/mol. The lowest BCUT2D eigenvalue weighted by Gasteiger charge is -2.24. The van der Waals surface area contributed by atoms with E-state index in [9.17, 15) is 28.4 Å². The molecule has 4 aromatic rings. The number of aromatic nitrogens is 1. The van der Waals surface area contributed by atoms with Crippen molar-refractivity contribution in [3.63, 3.8) is 0 Å². The van der Waals surface area contributed by atoms with Crippen LogP contribution in [0.2, 0.25) is 0 Å². The Kier molecular flexibility index (Phi) is 7.43. The van der Waals surface area contributed by atoms with E-state index in [1.807, 2.05) is 12.1 Å². The number of carboxylic acid groups (broad SMARTS) is 1. The number of carbonyl (C=O) groups excluding carboxylic acids is 1. The fourth-order valence-electron chi connectivity index (χ4n) is 4.71. The number of hydrogen-bond donors (Lipinski definition) is 2. The van der Waals surface area contributed by atoms with Crippen molar-refractivity contribution in [2.45, 2.75) is 35.7 Å². The monoisotopic (exact) mass is 560 g/mol. The molecule has 2 heterocycles. The van der Waals surface area contributed by atoms with E-state index < -0.39 is 34.0 Å². The highest BCUT2D eigenvalue weighted by Crippen LogP contribution is 2.31. The second-order valence-corrected chi connectivity index (χ2v) is 12.3. The maximum absolute atomic E-state index is 13.4. The number of sulfonamides is 1. The minimum absolute atomic E-state index is 0.0125. The predicted octanol–water partition coefficient (Wildman–Crippen LogP) is 3.80. The van der Waals surface area contributed by atoms with Crippen LogP contribution in [-0.2, 0) is 26.0 Å². The molecule has 2 atom stereocenters. The number of carboxylic acids is 1. The van der Waals surface area contributed by atoms with Crippen molar-refractivity contribution in [3.8, 4) is 17.2 Å². The van der Waals surface area contributed by atoms with Crippen molar-refractivity contribution in [3.05, 3.63) is 83.9 Å². The molecule has 1 aliphatic rings. The molecule has 1 aliphatic heterocycles. The van der Waals surface area contributed by atoms with Gasteiger partial charge in [-0.25, -0.2) is 18.2 Å². The van der Waals surface area contributed by atoms with E-state index in [1.165, 1.54) is 0 Å². The zero-order valence-electron chi connectivity index (χ0n) is 20.6. The molecule has 1 fully saturated rings. The molecular formula is C28H24N4O5S2. The van der Waals surface area contributed by atoms with Crippen molar-refractivity contribution in [1.29, 1.82) is 5.26 Å². The molecule has 0 radical (unpaired) electrons. The van der Waals surface area contributed by atoms with Crippen LogP contribution in [0.5, 0.6) is 0 Å². The minimum atomic E-state index is -4.04. The Morgan fingerprint density at radius 2 is 1.82 bits per heavy atom. The second-order valence-electron chi connectivity index (χ2n) is 9.18. The quantitative estimate of drug-likeness (QED) is 0.334. The molecule has 198 valence electrons. The van der Waals surface area contributed by atoms with Gasteiger partial charge in [-0.3, -0.25) is 4.79 Å². The molecule has 1 saturated heterocycles. The first kappa shape index (κ1) is 26.5. The Balaban J connectivity index is 1.31. The molecule has 1 aromatic heterocycles. The number of fused-ring (bicyclic) bond motifs is 1.